The van der Waals surface area contributed by atoms with Crippen molar-refractivity contribution in [3.63, 3.8) is 0 Å². The average Bonchev–Trinajstić information content (AvgIpc) is 3.12. The maximum atomic E-state index is 12.5. The minimum atomic E-state index is -0.385. The smallest absolute Gasteiger partial charge is 0.338 e. The van der Waals surface area contributed by atoms with Crippen molar-refractivity contribution < 1.29 is 19.1 Å². The fourth-order valence-corrected chi connectivity index (χ4v) is 3.15. The number of para-hydroxylation sites is 1. The summed E-state index contributed by atoms with van der Waals surface area (Å²) in [4.78, 5) is 24.2. The highest BCUT2D eigenvalue weighted by atomic mass is 16.5. The van der Waals surface area contributed by atoms with Gasteiger partial charge in [0.25, 0.3) is 0 Å². The Bertz CT molecular complexity index is 1020. The Morgan fingerprint density at radius 1 is 1.18 bits per heavy atom. The number of nitrogens with zero attached hydrogens (tertiary/aromatic N) is 2. The zero-order valence-corrected chi connectivity index (χ0v) is 15.3. The van der Waals surface area contributed by atoms with Gasteiger partial charge in [0.15, 0.2) is 0 Å². The van der Waals surface area contributed by atoms with Crippen molar-refractivity contribution in [1.29, 1.82) is 0 Å². The number of benzene rings is 2. The van der Waals surface area contributed by atoms with Gasteiger partial charge in [-0.25, -0.2) is 4.79 Å². The fraction of sp³-hybridized carbons (Fsp3) is 0.190. The summed E-state index contributed by atoms with van der Waals surface area (Å²) in [7, 11) is 0. The monoisotopic (exact) mass is 377 g/mol. The van der Waals surface area contributed by atoms with Crippen molar-refractivity contribution in [2.75, 3.05) is 11.9 Å². The summed E-state index contributed by atoms with van der Waals surface area (Å²) < 4.78 is 12.4. The number of fused-ring (bicyclic) bond motifs is 3. The molecule has 0 spiro atoms. The standard InChI is InChI=1S/C21H19N3O4/c1-2-27-21(26)14-7-9-16(10-8-14)23-19(25)12-24-20-15(11-22-24)13-28-18-6-4-3-5-17(18)20/h3-11H,2,12-13H2,1H3,(H,23,25). The molecule has 1 aliphatic heterocycles. The lowest BCUT2D eigenvalue weighted by Crippen LogP contribution is -2.21. The van der Waals surface area contributed by atoms with Crippen LogP contribution in [0, 0.1) is 0 Å². The van der Waals surface area contributed by atoms with E-state index in [0.29, 0.717) is 24.5 Å². The number of ether oxygens (including phenoxy) is 2. The number of rotatable bonds is 5. The first-order chi connectivity index (χ1) is 13.7. The molecule has 7 nitrogen and oxygen atoms in total. The van der Waals surface area contributed by atoms with Gasteiger partial charge in [0.2, 0.25) is 5.91 Å². The third kappa shape index (κ3) is 3.46. The van der Waals surface area contributed by atoms with Crippen LogP contribution in [0.2, 0.25) is 0 Å². The van der Waals surface area contributed by atoms with Gasteiger partial charge in [0, 0.05) is 16.8 Å². The Balaban J connectivity index is 1.47. The van der Waals surface area contributed by atoms with Gasteiger partial charge in [-0.2, -0.15) is 5.10 Å². The first-order valence-corrected chi connectivity index (χ1v) is 8.99. The zero-order valence-electron chi connectivity index (χ0n) is 15.3. The molecule has 1 aliphatic rings. The summed E-state index contributed by atoms with van der Waals surface area (Å²) >= 11 is 0. The summed E-state index contributed by atoms with van der Waals surface area (Å²) in [6.45, 7) is 2.58. The molecule has 1 amide bonds. The van der Waals surface area contributed by atoms with Gasteiger partial charge in [0.1, 0.15) is 18.9 Å². The van der Waals surface area contributed by atoms with Gasteiger partial charge in [0.05, 0.1) is 24.1 Å². The summed E-state index contributed by atoms with van der Waals surface area (Å²) in [6, 6.07) is 14.3. The van der Waals surface area contributed by atoms with E-state index < -0.39 is 0 Å². The molecule has 0 bridgehead atoms. The highest BCUT2D eigenvalue weighted by Crippen LogP contribution is 2.36. The van der Waals surface area contributed by atoms with E-state index in [-0.39, 0.29) is 18.4 Å². The minimum absolute atomic E-state index is 0.0727. The topological polar surface area (TPSA) is 82.5 Å². The van der Waals surface area contributed by atoms with E-state index in [4.69, 9.17) is 9.47 Å². The van der Waals surface area contributed by atoms with Crippen LogP contribution in [0.15, 0.2) is 54.7 Å². The second kappa shape index (κ2) is 7.56. The van der Waals surface area contributed by atoms with Crippen LogP contribution in [0.1, 0.15) is 22.8 Å². The van der Waals surface area contributed by atoms with Gasteiger partial charge in [-0.1, -0.05) is 12.1 Å². The van der Waals surface area contributed by atoms with E-state index in [1.807, 2.05) is 24.3 Å². The van der Waals surface area contributed by atoms with Crippen LogP contribution in [0.3, 0.4) is 0 Å². The van der Waals surface area contributed by atoms with Gasteiger partial charge >= 0.3 is 5.97 Å². The SMILES string of the molecule is CCOC(=O)c1ccc(NC(=O)Cn2ncc3c2-c2ccccc2OC3)cc1. The molecule has 1 aromatic heterocycles. The molecule has 28 heavy (non-hydrogen) atoms. The van der Waals surface area contributed by atoms with Crippen LogP contribution in [0.25, 0.3) is 11.3 Å². The molecular formula is C21H19N3O4. The minimum Gasteiger partial charge on any atom is -0.488 e. The van der Waals surface area contributed by atoms with E-state index >= 15 is 0 Å². The Morgan fingerprint density at radius 2 is 1.96 bits per heavy atom. The van der Waals surface area contributed by atoms with Crippen molar-refractivity contribution in [2.24, 2.45) is 0 Å². The van der Waals surface area contributed by atoms with Crippen LogP contribution in [0.4, 0.5) is 5.69 Å². The second-order valence-corrected chi connectivity index (χ2v) is 6.31. The number of anilines is 1. The maximum absolute atomic E-state index is 12.5. The number of carbonyl (C=O) groups excluding carboxylic acids is 2. The Kier molecular flexibility index (Phi) is 4.80. The van der Waals surface area contributed by atoms with E-state index in [0.717, 1.165) is 22.6 Å². The fourth-order valence-electron chi connectivity index (χ4n) is 3.15. The van der Waals surface area contributed by atoms with Crippen LogP contribution in [-0.2, 0) is 22.7 Å². The van der Waals surface area contributed by atoms with Crippen LogP contribution in [0.5, 0.6) is 5.75 Å². The number of carbonyl (C=O) groups is 2. The average molecular weight is 377 g/mol. The Morgan fingerprint density at radius 3 is 2.75 bits per heavy atom. The van der Waals surface area contributed by atoms with Crippen LogP contribution < -0.4 is 10.1 Å². The van der Waals surface area contributed by atoms with Gasteiger partial charge in [-0.15, -0.1) is 0 Å². The summed E-state index contributed by atoms with van der Waals surface area (Å²) in [6.07, 6.45) is 1.73. The maximum Gasteiger partial charge on any atom is 0.338 e. The Hall–Kier alpha value is -3.61. The molecule has 0 atom stereocenters. The van der Waals surface area contributed by atoms with E-state index in [1.165, 1.54) is 0 Å². The molecule has 3 aromatic rings. The Labute approximate surface area is 161 Å². The molecule has 7 heteroatoms. The van der Waals surface area contributed by atoms with E-state index in [9.17, 15) is 9.59 Å². The first kappa shape index (κ1) is 17.8. The summed E-state index contributed by atoms with van der Waals surface area (Å²) in [5.74, 6) is 0.190. The van der Waals surface area contributed by atoms with Crippen molar-refractivity contribution in [3.8, 4) is 17.0 Å². The number of aromatic nitrogens is 2. The second-order valence-electron chi connectivity index (χ2n) is 6.31. The van der Waals surface area contributed by atoms with Gasteiger partial charge in [-0.3, -0.25) is 9.48 Å². The number of hydrogen-bond donors (Lipinski definition) is 1. The number of amides is 1. The molecule has 142 valence electrons. The molecule has 0 unspecified atom stereocenters. The largest absolute Gasteiger partial charge is 0.488 e. The highest BCUT2D eigenvalue weighted by molar-refractivity contribution is 5.93. The number of nitrogens with one attached hydrogen (secondary N) is 1. The molecule has 2 aromatic carbocycles. The molecular weight excluding hydrogens is 358 g/mol. The van der Waals surface area contributed by atoms with E-state index in [2.05, 4.69) is 10.4 Å². The molecule has 0 fully saturated rings. The third-order valence-corrected chi connectivity index (χ3v) is 4.41. The zero-order chi connectivity index (χ0) is 19.5. The van der Waals surface area contributed by atoms with Gasteiger partial charge in [-0.05, 0) is 43.3 Å². The normalized spacial score (nSPS) is 11.8. The number of esters is 1. The van der Waals surface area contributed by atoms with Crippen LogP contribution in [-0.4, -0.2) is 28.3 Å². The number of hydrogen-bond acceptors (Lipinski definition) is 5. The molecule has 0 radical (unpaired) electrons. The van der Waals surface area contributed by atoms with Crippen molar-refractivity contribution >= 4 is 17.6 Å². The van der Waals surface area contributed by atoms with Crippen molar-refractivity contribution in [3.05, 3.63) is 65.9 Å². The van der Waals surface area contributed by atoms with E-state index in [1.54, 1.807) is 42.1 Å². The highest BCUT2D eigenvalue weighted by Gasteiger charge is 2.22. The molecule has 4 rings (SSSR count). The predicted molar refractivity (Wildman–Crippen MR) is 103 cm³/mol. The molecule has 0 saturated heterocycles. The van der Waals surface area contributed by atoms with Crippen molar-refractivity contribution in [1.82, 2.24) is 9.78 Å². The lowest BCUT2D eigenvalue weighted by molar-refractivity contribution is -0.116. The van der Waals surface area contributed by atoms with Gasteiger partial charge < -0.3 is 14.8 Å². The quantitative estimate of drug-likeness (QED) is 0.690. The lowest BCUT2D eigenvalue weighted by atomic mass is 10.0. The molecule has 0 saturated carbocycles. The predicted octanol–water partition coefficient (Wildman–Crippen LogP) is 3.26. The lowest BCUT2D eigenvalue weighted by Gasteiger charge is -2.19. The third-order valence-electron chi connectivity index (χ3n) is 4.41. The van der Waals surface area contributed by atoms with Crippen LogP contribution >= 0.6 is 0 Å². The molecule has 2 heterocycles. The summed E-state index contributed by atoms with van der Waals surface area (Å²) in [5, 5.41) is 7.18. The summed E-state index contributed by atoms with van der Waals surface area (Å²) in [5.41, 5.74) is 3.81. The molecule has 0 aliphatic carbocycles. The first-order valence-electron chi connectivity index (χ1n) is 8.99. The van der Waals surface area contributed by atoms with Crippen molar-refractivity contribution in [2.45, 2.75) is 20.1 Å². The molecule has 1 N–H and O–H groups in total.